The second kappa shape index (κ2) is 7.20. The Labute approximate surface area is 108 Å². The van der Waals surface area contributed by atoms with Crippen LogP contribution in [0.25, 0.3) is 0 Å². The number of carbonyl (C=O) groups is 2. The highest BCUT2D eigenvalue weighted by Gasteiger charge is 2.24. The molecule has 1 rings (SSSR count). The molecule has 1 atom stereocenters. The van der Waals surface area contributed by atoms with E-state index in [1.54, 1.807) is 18.9 Å². The van der Waals surface area contributed by atoms with E-state index in [9.17, 15) is 9.59 Å². The minimum Gasteiger partial charge on any atom is -0.450 e. The van der Waals surface area contributed by atoms with Gasteiger partial charge in [-0.15, -0.1) is 0 Å². The summed E-state index contributed by atoms with van der Waals surface area (Å²) in [5.41, 5.74) is 0. The van der Waals surface area contributed by atoms with E-state index in [4.69, 9.17) is 9.47 Å². The SMILES string of the molecule is CCOC(=O)N(C)CC(=O)N1CCO[C@@H](CC)C1. The molecule has 104 valence electrons. The van der Waals surface area contributed by atoms with Crippen LogP contribution in [0.5, 0.6) is 0 Å². The highest BCUT2D eigenvalue weighted by molar-refractivity contribution is 5.82. The first-order chi connectivity index (χ1) is 8.58. The maximum atomic E-state index is 12.0. The number of hydrogen-bond donors (Lipinski definition) is 0. The quantitative estimate of drug-likeness (QED) is 0.745. The molecule has 1 fully saturated rings. The van der Waals surface area contributed by atoms with Crippen LogP contribution in [-0.4, -0.2) is 67.8 Å². The number of rotatable bonds is 4. The monoisotopic (exact) mass is 258 g/mol. The van der Waals surface area contributed by atoms with Crippen LogP contribution in [0.1, 0.15) is 20.3 Å². The first kappa shape index (κ1) is 14.8. The first-order valence-corrected chi connectivity index (χ1v) is 6.35. The van der Waals surface area contributed by atoms with Gasteiger partial charge in [0.25, 0.3) is 0 Å². The summed E-state index contributed by atoms with van der Waals surface area (Å²) in [4.78, 5) is 26.4. The molecule has 0 radical (unpaired) electrons. The van der Waals surface area contributed by atoms with Crippen molar-refractivity contribution in [3.63, 3.8) is 0 Å². The van der Waals surface area contributed by atoms with Gasteiger partial charge in [0.1, 0.15) is 6.54 Å². The molecule has 0 spiro atoms. The molecule has 0 aromatic rings. The minimum atomic E-state index is -0.467. The zero-order valence-electron chi connectivity index (χ0n) is 11.3. The Hall–Kier alpha value is -1.30. The summed E-state index contributed by atoms with van der Waals surface area (Å²) >= 11 is 0. The lowest BCUT2D eigenvalue weighted by Crippen LogP contribution is -2.49. The summed E-state index contributed by atoms with van der Waals surface area (Å²) in [5.74, 6) is -0.0627. The first-order valence-electron chi connectivity index (χ1n) is 6.35. The molecule has 18 heavy (non-hydrogen) atoms. The van der Waals surface area contributed by atoms with Crippen molar-refractivity contribution < 1.29 is 19.1 Å². The van der Waals surface area contributed by atoms with Crippen molar-refractivity contribution in [2.24, 2.45) is 0 Å². The maximum absolute atomic E-state index is 12.0. The van der Waals surface area contributed by atoms with Gasteiger partial charge in [0, 0.05) is 20.1 Å². The van der Waals surface area contributed by atoms with Gasteiger partial charge in [-0.05, 0) is 13.3 Å². The van der Waals surface area contributed by atoms with Crippen LogP contribution in [0.2, 0.25) is 0 Å². The summed E-state index contributed by atoms with van der Waals surface area (Å²) in [6.07, 6.45) is 0.527. The Morgan fingerprint density at radius 2 is 2.17 bits per heavy atom. The number of amides is 2. The lowest BCUT2D eigenvalue weighted by molar-refractivity contribution is -0.139. The molecule has 0 aromatic heterocycles. The van der Waals surface area contributed by atoms with Crippen LogP contribution in [-0.2, 0) is 14.3 Å². The summed E-state index contributed by atoms with van der Waals surface area (Å²) in [6.45, 7) is 5.89. The Kier molecular flexibility index (Phi) is 5.91. The number of hydrogen-bond acceptors (Lipinski definition) is 4. The van der Waals surface area contributed by atoms with E-state index in [0.717, 1.165) is 6.42 Å². The molecule has 0 aliphatic carbocycles. The molecule has 6 heteroatoms. The van der Waals surface area contributed by atoms with Gasteiger partial charge in [0.05, 0.1) is 19.3 Å². The smallest absolute Gasteiger partial charge is 0.409 e. The Bertz CT molecular complexity index is 296. The van der Waals surface area contributed by atoms with E-state index in [2.05, 4.69) is 0 Å². The van der Waals surface area contributed by atoms with Gasteiger partial charge in [0.2, 0.25) is 5.91 Å². The third-order valence-electron chi connectivity index (χ3n) is 2.90. The Balaban J connectivity index is 2.42. The van der Waals surface area contributed by atoms with Crippen molar-refractivity contribution >= 4 is 12.0 Å². The molecule has 0 N–H and O–H groups in total. The summed E-state index contributed by atoms with van der Waals surface area (Å²) in [6, 6.07) is 0. The van der Waals surface area contributed by atoms with E-state index in [0.29, 0.717) is 26.3 Å². The molecule has 0 bridgehead atoms. The molecular formula is C12H22N2O4. The second-order valence-corrected chi connectivity index (χ2v) is 4.30. The Morgan fingerprint density at radius 1 is 1.44 bits per heavy atom. The second-order valence-electron chi connectivity index (χ2n) is 4.30. The van der Waals surface area contributed by atoms with Crippen LogP contribution in [0, 0.1) is 0 Å². The van der Waals surface area contributed by atoms with E-state index in [-0.39, 0.29) is 18.6 Å². The van der Waals surface area contributed by atoms with Crippen LogP contribution >= 0.6 is 0 Å². The van der Waals surface area contributed by atoms with Gasteiger partial charge in [-0.1, -0.05) is 6.92 Å². The van der Waals surface area contributed by atoms with Crippen molar-refractivity contribution in [1.82, 2.24) is 9.80 Å². The third-order valence-corrected chi connectivity index (χ3v) is 2.90. The molecule has 2 amide bonds. The van der Waals surface area contributed by atoms with Crippen LogP contribution in [0.4, 0.5) is 4.79 Å². The molecule has 0 aromatic carbocycles. The number of likely N-dealkylation sites (N-methyl/N-ethyl adjacent to an activating group) is 1. The summed E-state index contributed by atoms with van der Waals surface area (Å²) in [5, 5.41) is 0. The van der Waals surface area contributed by atoms with Crippen LogP contribution < -0.4 is 0 Å². The fourth-order valence-electron chi connectivity index (χ4n) is 1.79. The average molecular weight is 258 g/mol. The highest BCUT2D eigenvalue weighted by atomic mass is 16.6. The lowest BCUT2D eigenvalue weighted by Gasteiger charge is -2.33. The van der Waals surface area contributed by atoms with Gasteiger partial charge >= 0.3 is 6.09 Å². The standard InChI is InChI=1S/C12H22N2O4/c1-4-10-8-14(6-7-18-10)11(15)9-13(3)12(16)17-5-2/h10H,4-9H2,1-3H3/t10-/m0/s1. The van der Waals surface area contributed by atoms with Gasteiger partial charge in [-0.25, -0.2) is 4.79 Å². The van der Waals surface area contributed by atoms with Crippen molar-refractivity contribution in [1.29, 1.82) is 0 Å². The largest absolute Gasteiger partial charge is 0.450 e. The summed E-state index contributed by atoms with van der Waals surface area (Å²) in [7, 11) is 1.56. The zero-order chi connectivity index (χ0) is 13.5. The fraction of sp³-hybridized carbons (Fsp3) is 0.833. The molecule has 1 aliphatic heterocycles. The number of carbonyl (C=O) groups excluding carboxylic acids is 2. The highest BCUT2D eigenvalue weighted by Crippen LogP contribution is 2.08. The van der Waals surface area contributed by atoms with Crippen molar-refractivity contribution in [3.8, 4) is 0 Å². The predicted molar refractivity (Wildman–Crippen MR) is 66.3 cm³/mol. The van der Waals surface area contributed by atoms with Crippen molar-refractivity contribution in [2.75, 3.05) is 39.9 Å². The van der Waals surface area contributed by atoms with E-state index < -0.39 is 6.09 Å². The number of morpholine rings is 1. The molecule has 1 saturated heterocycles. The molecule has 6 nitrogen and oxygen atoms in total. The van der Waals surface area contributed by atoms with Crippen LogP contribution in [0.3, 0.4) is 0 Å². The molecular weight excluding hydrogens is 236 g/mol. The van der Waals surface area contributed by atoms with Gasteiger partial charge in [-0.3, -0.25) is 4.79 Å². The minimum absolute atomic E-state index is 0.0509. The van der Waals surface area contributed by atoms with E-state index >= 15 is 0 Å². The molecule has 0 unspecified atom stereocenters. The van der Waals surface area contributed by atoms with Gasteiger partial charge < -0.3 is 19.3 Å². The molecule has 1 aliphatic rings. The number of nitrogens with zero attached hydrogens (tertiary/aromatic N) is 2. The van der Waals surface area contributed by atoms with Gasteiger partial charge in [-0.2, -0.15) is 0 Å². The Morgan fingerprint density at radius 3 is 2.78 bits per heavy atom. The van der Waals surface area contributed by atoms with E-state index in [1.807, 2.05) is 6.92 Å². The third kappa shape index (κ3) is 4.18. The zero-order valence-corrected chi connectivity index (χ0v) is 11.3. The van der Waals surface area contributed by atoms with Gasteiger partial charge in [0.15, 0.2) is 0 Å². The number of ether oxygens (including phenoxy) is 2. The molecule has 0 saturated carbocycles. The summed E-state index contributed by atoms with van der Waals surface area (Å²) < 4.78 is 10.3. The molecule has 1 heterocycles. The fourth-order valence-corrected chi connectivity index (χ4v) is 1.79. The van der Waals surface area contributed by atoms with Crippen molar-refractivity contribution in [2.45, 2.75) is 26.4 Å². The normalized spacial score (nSPS) is 19.5. The lowest BCUT2D eigenvalue weighted by atomic mass is 10.2. The predicted octanol–water partition coefficient (Wildman–Crippen LogP) is 0.712. The van der Waals surface area contributed by atoms with E-state index in [1.165, 1.54) is 4.90 Å². The average Bonchev–Trinajstić information content (AvgIpc) is 2.39. The maximum Gasteiger partial charge on any atom is 0.409 e. The van der Waals surface area contributed by atoms with Crippen molar-refractivity contribution in [3.05, 3.63) is 0 Å². The topological polar surface area (TPSA) is 59.1 Å². The van der Waals surface area contributed by atoms with Crippen LogP contribution in [0.15, 0.2) is 0 Å².